The summed E-state index contributed by atoms with van der Waals surface area (Å²) in [7, 11) is 3.19. The van der Waals surface area contributed by atoms with Crippen LogP contribution < -0.4 is 19.5 Å². The average Bonchev–Trinajstić information content (AvgIpc) is 3.43. The Hall–Kier alpha value is -4.53. The fourth-order valence-electron chi connectivity index (χ4n) is 4.09. The summed E-state index contributed by atoms with van der Waals surface area (Å²) in [5.41, 5.74) is 3.50. The zero-order valence-electron chi connectivity index (χ0n) is 22.3. The lowest BCUT2D eigenvalue weighted by Gasteiger charge is -2.10. The number of hydrogen-bond acceptors (Lipinski definition) is 6. The van der Waals surface area contributed by atoms with Crippen molar-refractivity contribution in [2.45, 2.75) is 6.42 Å². The Morgan fingerprint density at radius 1 is 0.854 bits per heavy atom. The molecule has 0 aliphatic heterocycles. The molecule has 0 spiro atoms. The molecule has 41 heavy (non-hydrogen) atoms. The fraction of sp³-hybridized carbons (Fsp3) is 0.129. The van der Waals surface area contributed by atoms with Crippen LogP contribution in [0.4, 0.5) is 5.69 Å². The first-order valence-corrected chi connectivity index (χ1v) is 13.4. The Morgan fingerprint density at radius 2 is 1.63 bits per heavy atom. The number of benzene rings is 4. The molecule has 1 heterocycles. The number of nitrogens with zero attached hydrogens (tertiary/aromatic N) is 3. The Labute approximate surface area is 247 Å². The molecule has 0 saturated carbocycles. The van der Waals surface area contributed by atoms with Crippen LogP contribution in [-0.4, -0.2) is 41.5 Å². The van der Waals surface area contributed by atoms with Crippen LogP contribution in [0.1, 0.15) is 15.9 Å². The Balaban J connectivity index is 1.41. The van der Waals surface area contributed by atoms with Gasteiger partial charge in [-0.2, -0.15) is 4.98 Å². The summed E-state index contributed by atoms with van der Waals surface area (Å²) in [6, 6.07) is 27.4. The van der Waals surface area contributed by atoms with E-state index in [1.54, 1.807) is 67.4 Å². The first-order valence-electron chi connectivity index (χ1n) is 12.7. The predicted octanol–water partition coefficient (Wildman–Crippen LogP) is 7.13. The van der Waals surface area contributed by atoms with Crippen LogP contribution in [0.5, 0.6) is 17.5 Å². The van der Waals surface area contributed by atoms with E-state index in [-0.39, 0.29) is 11.9 Å². The molecule has 4 aromatic carbocycles. The summed E-state index contributed by atoms with van der Waals surface area (Å²) in [5, 5.41) is 8.37. The van der Waals surface area contributed by atoms with Crippen molar-refractivity contribution in [3.8, 4) is 34.6 Å². The molecule has 0 unspecified atom stereocenters. The van der Waals surface area contributed by atoms with Crippen LogP contribution in [0.15, 0.2) is 91.0 Å². The SMILES string of the molecule is COc1ccc(CCOc2nc(-c3ccc(Cl)c(Cl)c3)n(-c3cccc(NC(=O)c4cccc(OC)c4)c3)n2)cc1. The number of methoxy groups -OCH3 is 2. The minimum absolute atomic E-state index is 0.199. The first kappa shape index (κ1) is 28.0. The third-order valence-electron chi connectivity index (χ3n) is 6.23. The molecule has 0 atom stereocenters. The number of ether oxygens (including phenoxy) is 3. The molecule has 0 radical (unpaired) electrons. The molecule has 5 aromatic rings. The lowest BCUT2D eigenvalue weighted by Crippen LogP contribution is -2.12. The van der Waals surface area contributed by atoms with Gasteiger partial charge in [-0.3, -0.25) is 4.79 Å². The molecule has 0 bridgehead atoms. The molecule has 0 aliphatic rings. The highest BCUT2D eigenvalue weighted by molar-refractivity contribution is 6.42. The van der Waals surface area contributed by atoms with Crippen LogP contribution in [0.2, 0.25) is 10.0 Å². The second kappa shape index (κ2) is 12.8. The van der Waals surface area contributed by atoms with Crippen molar-refractivity contribution >= 4 is 34.8 Å². The maximum atomic E-state index is 12.9. The number of carbonyl (C=O) groups is 1. The molecule has 1 aromatic heterocycles. The summed E-state index contributed by atoms with van der Waals surface area (Å²) in [4.78, 5) is 17.6. The molecular weight excluding hydrogens is 563 g/mol. The van der Waals surface area contributed by atoms with Gasteiger partial charge in [-0.1, -0.05) is 47.5 Å². The number of halogens is 2. The normalized spacial score (nSPS) is 10.7. The van der Waals surface area contributed by atoms with E-state index in [9.17, 15) is 4.79 Å². The van der Waals surface area contributed by atoms with Crippen LogP contribution in [0, 0.1) is 0 Å². The molecule has 0 fully saturated rings. The number of carbonyl (C=O) groups excluding carboxylic acids is 1. The van der Waals surface area contributed by atoms with Gasteiger partial charge in [0.25, 0.3) is 5.91 Å². The Morgan fingerprint density at radius 3 is 2.39 bits per heavy atom. The molecule has 1 N–H and O–H groups in total. The van der Waals surface area contributed by atoms with Crippen LogP contribution in [0.3, 0.4) is 0 Å². The van der Waals surface area contributed by atoms with E-state index >= 15 is 0 Å². The quantitative estimate of drug-likeness (QED) is 0.187. The van der Waals surface area contributed by atoms with Gasteiger partial charge < -0.3 is 19.5 Å². The summed E-state index contributed by atoms with van der Waals surface area (Å²) < 4.78 is 18.0. The Kier molecular flexibility index (Phi) is 8.72. The lowest BCUT2D eigenvalue weighted by atomic mass is 10.1. The van der Waals surface area contributed by atoms with Crippen molar-refractivity contribution in [3.63, 3.8) is 0 Å². The Bertz CT molecular complexity index is 1670. The van der Waals surface area contributed by atoms with Crippen LogP contribution in [-0.2, 0) is 6.42 Å². The van der Waals surface area contributed by atoms with Gasteiger partial charge in [-0.15, -0.1) is 5.10 Å². The van der Waals surface area contributed by atoms with E-state index < -0.39 is 0 Å². The smallest absolute Gasteiger partial charge is 0.336 e. The number of anilines is 1. The monoisotopic (exact) mass is 588 g/mol. The topological polar surface area (TPSA) is 87.5 Å². The van der Waals surface area contributed by atoms with Crippen molar-refractivity contribution in [2.24, 2.45) is 0 Å². The molecule has 10 heteroatoms. The molecular formula is C31H26Cl2N4O4. The van der Waals surface area contributed by atoms with Gasteiger partial charge in [0.2, 0.25) is 0 Å². The van der Waals surface area contributed by atoms with E-state index in [0.717, 1.165) is 11.3 Å². The summed E-state index contributed by atoms with van der Waals surface area (Å²) >= 11 is 12.5. The highest BCUT2D eigenvalue weighted by Gasteiger charge is 2.17. The predicted molar refractivity (Wildman–Crippen MR) is 160 cm³/mol. The third-order valence-corrected chi connectivity index (χ3v) is 6.97. The lowest BCUT2D eigenvalue weighted by molar-refractivity contribution is 0.102. The summed E-state index contributed by atoms with van der Waals surface area (Å²) in [6.07, 6.45) is 0.659. The van der Waals surface area contributed by atoms with Crippen molar-refractivity contribution in [1.82, 2.24) is 14.8 Å². The van der Waals surface area contributed by atoms with E-state index in [2.05, 4.69) is 15.4 Å². The molecule has 208 valence electrons. The number of hydrogen-bond donors (Lipinski definition) is 1. The highest BCUT2D eigenvalue weighted by Crippen LogP contribution is 2.30. The van der Waals surface area contributed by atoms with Crippen LogP contribution >= 0.6 is 23.2 Å². The third kappa shape index (κ3) is 6.80. The standard InChI is InChI=1S/C31H26Cl2N4O4/c1-39-25-12-9-20(10-13-25)15-16-41-31-35-29(21-11-14-27(32)28(33)18-21)37(36-31)24-7-4-6-23(19-24)34-30(38)22-5-3-8-26(17-22)40-2/h3-14,17-19H,15-16H2,1-2H3,(H,34,38). The van der Waals surface area contributed by atoms with E-state index in [1.165, 1.54) is 0 Å². The molecule has 5 rings (SSSR count). The minimum atomic E-state index is -0.271. The second-order valence-electron chi connectivity index (χ2n) is 8.94. The van der Waals surface area contributed by atoms with E-state index in [1.807, 2.05) is 42.5 Å². The van der Waals surface area contributed by atoms with Crippen molar-refractivity contribution < 1.29 is 19.0 Å². The molecule has 0 saturated heterocycles. The number of rotatable bonds is 10. The fourth-order valence-corrected chi connectivity index (χ4v) is 4.39. The van der Waals surface area contributed by atoms with Crippen LogP contribution in [0.25, 0.3) is 17.1 Å². The average molecular weight is 589 g/mol. The number of nitrogens with one attached hydrogen (secondary N) is 1. The van der Waals surface area contributed by atoms with Gasteiger partial charge in [-0.25, -0.2) is 4.68 Å². The number of amides is 1. The van der Waals surface area contributed by atoms with Gasteiger partial charge in [0, 0.05) is 23.2 Å². The van der Waals surface area contributed by atoms with E-state index in [4.69, 9.17) is 37.4 Å². The summed E-state index contributed by atoms with van der Waals surface area (Å²) in [5.74, 6) is 1.62. The maximum absolute atomic E-state index is 12.9. The van der Waals surface area contributed by atoms with Gasteiger partial charge in [0.15, 0.2) is 5.82 Å². The van der Waals surface area contributed by atoms with Gasteiger partial charge in [-0.05, 0) is 72.3 Å². The van der Waals surface area contributed by atoms with Gasteiger partial charge in [0.05, 0.1) is 36.6 Å². The molecule has 8 nitrogen and oxygen atoms in total. The molecule has 0 aliphatic carbocycles. The van der Waals surface area contributed by atoms with Crippen molar-refractivity contribution in [1.29, 1.82) is 0 Å². The van der Waals surface area contributed by atoms with Crippen molar-refractivity contribution in [3.05, 3.63) is 112 Å². The minimum Gasteiger partial charge on any atom is -0.497 e. The van der Waals surface area contributed by atoms with Gasteiger partial charge >= 0.3 is 6.01 Å². The highest BCUT2D eigenvalue weighted by atomic mass is 35.5. The van der Waals surface area contributed by atoms with E-state index in [0.29, 0.717) is 57.1 Å². The molecule has 1 amide bonds. The summed E-state index contributed by atoms with van der Waals surface area (Å²) in [6.45, 7) is 0.369. The number of aromatic nitrogens is 3. The van der Waals surface area contributed by atoms with Crippen molar-refractivity contribution in [2.75, 3.05) is 26.1 Å². The zero-order valence-corrected chi connectivity index (χ0v) is 23.8. The maximum Gasteiger partial charge on any atom is 0.336 e. The second-order valence-corrected chi connectivity index (χ2v) is 9.76. The first-order chi connectivity index (χ1) is 19.9. The van der Waals surface area contributed by atoms with Gasteiger partial charge in [0.1, 0.15) is 11.5 Å². The zero-order chi connectivity index (χ0) is 28.8. The largest absolute Gasteiger partial charge is 0.497 e.